The molecule has 0 spiro atoms. The van der Waals surface area contributed by atoms with Gasteiger partial charge in [-0.3, -0.25) is 14.5 Å². The second kappa shape index (κ2) is 5.11. The van der Waals surface area contributed by atoms with Crippen molar-refractivity contribution < 1.29 is 9.59 Å². The molecule has 1 amide bonds. The van der Waals surface area contributed by atoms with Crippen LogP contribution in [0.5, 0.6) is 0 Å². The van der Waals surface area contributed by atoms with E-state index >= 15 is 0 Å². The van der Waals surface area contributed by atoms with Gasteiger partial charge in [0, 0.05) is 38.3 Å². The minimum atomic E-state index is -0.443. The van der Waals surface area contributed by atoms with E-state index < -0.39 is 6.17 Å². The van der Waals surface area contributed by atoms with Crippen LogP contribution < -0.4 is 5.32 Å². The molecule has 0 aliphatic carbocycles. The fourth-order valence-electron chi connectivity index (χ4n) is 2.79. The van der Waals surface area contributed by atoms with Crippen molar-refractivity contribution in [3.8, 4) is 0 Å². The lowest BCUT2D eigenvalue weighted by Crippen LogP contribution is -2.55. The fraction of sp³-hybridized carbons (Fsp3) is 0.429. The van der Waals surface area contributed by atoms with E-state index in [1.165, 1.54) is 0 Å². The zero-order chi connectivity index (χ0) is 13.2. The summed E-state index contributed by atoms with van der Waals surface area (Å²) in [5.74, 6) is -0.0359. The van der Waals surface area contributed by atoms with Gasteiger partial charge in [0.15, 0.2) is 6.29 Å². The summed E-state index contributed by atoms with van der Waals surface area (Å²) in [4.78, 5) is 27.5. The predicted octanol–water partition coefficient (Wildman–Crippen LogP) is 0.0726. The Morgan fingerprint density at radius 2 is 1.95 bits per heavy atom. The molecule has 0 radical (unpaired) electrons. The lowest BCUT2D eigenvalue weighted by Gasteiger charge is -2.36. The van der Waals surface area contributed by atoms with E-state index in [1.54, 1.807) is 4.90 Å². The summed E-state index contributed by atoms with van der Waals surface area (Å²) >= 11 is 0. The minimum Gasteiger partial charge on any atom is -0.314 e. The van der Waals surface area contributed by atoms with Crippen molar-refractivity contribution in [2.24, 2.45) is 0 Å². The number of piperazine rings is 1. The molecule has 0 aromatic heterocycles. The second-order valence-corrected chi connectivity index (χ2v) is 4.93. The molecule has 3 rings (SSSR count). The molecule has 100 valence electrons. The highest BCUT2D eigenvalue weighted by Crippen LogP contribution is 2.25. The monoisotopic (exact) mass is 259 g/mol. The lowest BCUT2D eigenvalue weighted by molar-refractivity contribution is -0.118. The van der Waals surface area contributed by atoms with Crippen LogP contribution >= 0.6 is 0 Å². The zero-order valence-electron chi connectivity index (χ0n) is 10.7. The maximum Gasteiger partial charge on any atom is 0.256 e. The van der Waals surface area contributed by atoms with Crippen LogP contribution in [0.3, 0.4) is 0 Å². The number of hydrogen-bond donors (Lipinski definition) is 1. The number of carbonyl (C=O) groups is 2. The maximum absolute atomic E-state index is 12.4. The van der Waals surface area contributed by atoms with Gasteiger partial charge in [0.1, 0.15) is 6.17 Å². The number of rotatable bonds is 3. The number of hydrogen-bond acceptors (Lipinski definition) is 4. The lowest BCUT2D eigenvalue weighted by atomic mass is 10.1. The smallest absolute Gasteiger partial charge is 0.256 e. The molecule has 2 heterocycles. The first-order chi connectivity index (χ1) is 9.31. The molecule has 5 heteroatoms. The van der Waals surface area contributed by atoms with Crippen LogP contribution in [0.2, 0.25) is 0 Å². The van der Waals surface area contributed by atoms with Crippen LogP contribution in [0.15, 0.2) is 24.3 Å². The zero-order valence-corrected chi connectivity index (χ0v) is 10.7. The molecule has 0 saturated carbocycles. The average molecular weight is 259 g/mol. The van der Waals surface area contributed by atoms with E-state index in [-0.39, 0.29) is 5.91 Å². The van der Waals surface area contributed by atoms with Crippen molar-refractivity contribution in [1.82, 2.24) is 15.1 Å². The number of carbonyl (C=O) groups excluding carboxylic acids is 2. The van der Waals surface area contributed by atoms with Crippen molar-refractivity contribution in [3.63, 3.8) is 0 Å². The van der Waals surface area contributed by atoms with Crippen molar-refractivity contribution >= 4 is 12.2 Å². The summed E-state index contributed by atoms with van der Waals surface area (Å²) in [6.45, 7) is 3.84. The summed E-state index contributed by atoms with van der Waals surface area (Å²) in [6.07, 6.45) is 0.441. The van der Waals surface area contributed by atoms with Gasteiger partial charge in [-0.05, 0) is 11.6 Å². The Kier molecular flexibility index (Phi) is 3.31. The molecule has 5 nitrogen and oxygen atoms in total. The van der Waals surface area contributed by atoms with Gasteiger partial charge in [-0.2, -0.15) is 0 Å². The second-order valence-electron chi connectivity index (χ2n) is 4.93. The van der Waals surface area contributed by atoms with Crippen LogP contribution in [0.1, 0.15) is 15.9 Å². The Balaban J connectivity index is 1.82. The largest absolute Gasteiger partial charge is 0.314 e. The first-order valence-corrected chi connectivity index (χ1v) is 6.60. The minimum absolute atomic E-state index is 0.0359. The van der Waals surface area contributed by atoms with Gasteiger partial charge in [-0.1, -0.05) is 18.2 Å². The Bertz CT molecular complexity index is 497. The molecule has 1 saturated heterocycles. The van der Waals surface area contributed by atoms with E-state index in [0.717, 1.165) is 43.6 Å². The van der Waals surface area contributed by atoms with Crippen molar-refractivity contribution in [2.45, 2.75) is 12.7 Å². The number of amides is 1. The number of nitrogens with one attached hydrogen (secondary N) is 1. The van der Waals surface area contributed by atoms with Gasteiger partial charge >= 0.3 is 0 Å². The third kappa shape index (κ3) is 2.15. The van der Waals surface area contributed by atoms with Gasteiger partial charge in [0.25, 0.3) is 5.91 Å². The van der Waals surface area contributed by atoms with Crippen LogP contribution in [0.25, 0.3) is 0 Å². The van der Waals surface area contributed by atoms with Gasteiger partial charge in [-0.15, -0.1) is 0 Å². The Morgan fingerprint density at radius 1 is 1.21 bits per heavy atom. The Labute approximate surface area is 112 Å². The van der Waals surface area contributed by atoms with Crippen LogP contribution in [0.4, 0.5) is 0 Å². The van der Waals surface area contributed by atoms with Crippen LogP contribution in [-0.4, -0.2) is 54.3 Å². The van der Waals surface area contributed by atoms with Gasteiger partial charge in [0.2, 0.25) is 0 Å². The number of nitrogens with zero attached hydrogens (tertiary/aromatic N) is 2. The fourth-order valence-corrected chi connectivity index (χ4v) is 2.79. The molecule has 1 atom stereocenters. The van der Waals surface area contributed by atoms with E-state index in [0.29, 0.717) is 6.54 Å². The molecule has 1 N–H and O–H groups in total. The van der Waals surface area contributed by atoms with Gasteiger partial charge < -0.3 is 10.2 Å². The van der Waals surface area contributed by atoms with E-state index in [2.05, 4.69) is 10.2 Å². The SMILES string of the molecule is O=CC(N1CCNCC1)N1Cc2ccccc2C1=O. The van der Waals surface area contributed by atoms with E-state index in [1.807, 2.05) is 24.3 Å². The van der Waals surface area contributed by atoms with E-state index in [4.69, 9.17) is 0 Å². The molecule has 1 unspecified atom stereocenters. The molecule has 19 heavy (non-hydrogen) atoms. The van der Waals surface area contributed by atoms with Crippen molar-refractivity contribution in [3.05, 3.63) is 35.4 Å². The number of benzene rings is 1. The predicted molar refractivity (Wildman–Crippen MR) is 70.6 cm³/mol. The molecule has 1 aromatic rings. The molecular formula is C14H17N3O2. The van der Waals surface area contributed by atoms with Crippen LogP contribution in [-0.2, 0) is 11.3 Å². The summed E-state index contributed by atoms with van der Waals surface area (Å²) in [5, 5.41) is 3.25. The number of aldehydes is 1. The molecular weight excluding hydrogens is 242 g/mol. The van der Waals surface area contributed by atoms with Gasteiger partial charge in [0.05, 0.1) is 0 Å². The summed E-state index contributed by atoms with van der Waals surface area (Å²) in [6, 6.07) is 7.57. The first kappa shape index (κ1) is 12.3. The highest BCUT2D eigenvalue weighted by molar-refractivity contribution is 5.99. The standard InChI is InChI=1S/C14H17N3O2/c18-10-13(16-7-5-15-6-8-16)17-9-11-3-1-2-4-12(11)14(17)19/h1-4,10,13,15H,5-9H2. The highest BCUT2D eigenvalue weighted by atomic mass is 16.2. The Hall–Kier alpha value is -1.72. The average Bonchev–Trinajstić information content (AvgIpc) is 2.79. The maximum atomic E-state index is 12.4. The number of fused-ring (bicyclic) bond motifs is 1. The van der Waals surface area contributed by atoms with Crippen LogP contribution in [0, 0.1) is 0 Å². The summed E-state index contributed by atoms with van der Waals surface area (Å²) < 4.78 is 0. The highest BCUT2D eigenvalue weighted by Gasteiger charge is 2.35. The van der Waals surface area contributed by atoms with Gasteiger partial charge in [-0.25, -0.2) is 0 Å². The third-order valence-electron chi connectivity index (χ3n) is 3.82. The van der Waals surface area contributed by atoms with Crippen molar-refractivity contribution in [1.29, 1.82) is 0 Å². The molecule has 2 aliphatic rings. The third-order valence-corrected chi connectivity index (χ3v) is 3.82. The topological polar surface area (TPSA) is 52.7 Å². The summed E-state index contributed by atoms with van der Waals surface area (Å²) in [7, 11) is 0. The quantitative estimate of drug-likeness (QED) is 0.781. The normalized spacial score (nSPS) is 21.3. The Morgan fingerprint density at radius 3 is 2.63 bits per heavy atom. The first-order valence-electron chi connectivity index (χ1n) is 6.60. The molecule has 1 fully saturated rings. The molecule has 2 aliphatic heterocycles. The van der Waals surface area contributed by atoms with E-state index in [9.17, 15) is 9.59 Å². The summed E-state index contributed by atoms with van der Waals surface area (Å²) in [5.41, 5.74) is 1.74. The molecule has 0 bridgehead atoms. The van der Waals surface area contributed by atoms with Crippen molar-refractivity contribution in [2.75, 3.05) is 26.2 Å². The molecule has 1 aromatic carbocycles.